The van der Waals surface area contributed by atoms with Crippen LogP contribution < -0.4 is 11.5 Å². The van der Waals surface area contributed by atoms with E-state index >= 15 is 0 Å². The molecule has 0 radical (unpaired) electrons. The minimum atomic E-state index is -0.554. The number of hydrogen-bond acceptors (Lipinski definition) is 6. The molecule has 1 heterocycles. The van der Waals surface area contributed by atoms with Crippen molar-refractivity contribution in [2.24, 2.45) is 11.5 Å². The maximum absolute atomic E-state index is 10.7. The van der Waals surface area contributed by atoms with Crippen LogP contribution in [-0.2, 0) is 25.6 Å². The van der Waals surface area contributed by atoms with Gasteiger partial charge in [0.05, 0.1) is 0 Å². The molecule has 0 aliphatic carbocycles. The van der Waals surface area contributed by atoms with Gasteiger partial charge < -0.3 is 25.7 Å². The number of benzene rings is 1. The molecular formula is C13H18N2O4. The van der Waals surface area contributed by atoms with Crippen molar-refractivity contribution in [2.75, 3.05) is 0 Å². The van der Waals surface area contributed by atoms with E-state index < -0.39 is 18.7 Å². The van der Waals surface area contributed by atoms with Crippen molar-refractivity contribution in [3.8, 4) is 0 Å². The van der Waals surface area contributed by atoms with E-state index in [0.29, 0.717) is 6.42 Å². The van der Waals surface area contributed by atoms with Crippen LogP contribution in [0.3, 0.4) is 0 Å². The van der Waals surface area contributed by atoms with Crippen LogP contribution in [-0.4, -0.2) is 18.4 Å². The first-order valence-corrected chi connectivity index (χ1v) is 6.09. The highest BCUT2D eigenvalue weighted by Crippen LogP contribution is 2.26. The predicted octanol–water partition coefficient (Wildman–Crippen LogP) is 0.755. The average Bonchev–Trinajstić information content (AvgIpc) is 2.36. The summed E-state index contributed by atoms with van der Waals surface area (Å²) in [5, 5.41) is 0. The fourth-order valence-electron chi connectivity index (χ4n) is 1.80. The molecular weight excluding hydrogens is 248 g/mol. The molecule has 1 saturated heterocycles. The summed E-state index contributed by atoms with van der Waals surface area (Å²) in [7, 11) is 0. The first-order chi connectivity index (χ1) is 9.04. The van der Waals surface area contributed by atoms with E-state index in [4.69, 9.17) is 25.7 Å². The lowest BCUT2D eigenvalue weighted by atomic mass is 10.1. The molecule has 1 unspecified atom stereocenters. The minimum Gasteiger partial charge on any atom is -0.461 e. The molecule has 1 fully saturated rings. The lowest BCUT2D eigenvalue weighted by Gasteiger charge is -2.32. The zero-order valence-electron chi connectivity index (χ0n) is 10.7. The molecule has 1 aliphatic rings. The van der Waals surface area contributed by atoms with E-state index in [2.05, 4.69) is 0 Å². The van der Waals surface area contributed by atoms with Gasteiger partial charge in [-0.15, -0.1) is 0 Å². The number of ether oxygens (including phenoxy) is 3. The highest BCUT2D eigenvalue weighted by Gasteiger charge is 2.26. The van der Waals surface area contributed by atoms with Gasteiger partial charge in [0, 0.05) is 18.9 Å². The summed E-state index contributed by atoms with van der Waals surface area (Å²) in [5.74, 6) is -0.306. The highest BCUT2D eigenvalue weighted by molar-refractivity contribution is 5.65. The van der Waals surface area contributed by atoms with E-state index in [1.54, 1.807) is 0 Å². The largest absolute Gasteiger partial charge is 0.461 e. The van der Waals surface area contributed by atoms with Crippen molar-refractivity contribution in [3.05, 3.63) is 35.4 Å². The third kappa shape index (κ3) is 4.00. The Hall–Kier alpha value is -1.47. The van der Waals surface area contributed by atoms with Gasteiger partial charge in [0.2, 0.25) is 0 Å². The zero-order valence-corrected chi connectivity index (χ0v) is 10.7. The molecule has 1 aromatic carbocycles. The van der Waals surface area contributed by atoms with Crippen LogP contribution in [0.1, 0.15) is 30.8 Å². The number of hydrogen-bond donors (Lipinski definition) is 2. The Morgan fingerprint density at radius 2 is 1.84 bits per heavy atom. The Morgan fingerprint density at radius 1 is 1.26 bits per heavy atom. The summed E-state index contributed by atoms with van der Waals surface area (Å²) >= 11 is 0. The highest BCUT2D eigenvalue weighted by atomic mass is 16.7. The molecule has 0 aromatic heterocycles. The van der Waals surface area contributed by atoms with Gasteiger partial charge in [-0.2, -0.15) is 0 Å². The van der Waals surface area contributed by atoms with E-state index in [1.807, 2.05) is 24.3 Å². The van der Waals surface area contributed by atoms with Crippen molar-refractivity contribution in [1.29, 1.82) is 0 Å². The number of nitrogens with two attached hydrogens (primary N) is 2. The average molecular weight is 266 g/mol. The maximum Gasteiger partial charge on any atom is 0.302 e. The molecule has 104 valence electrons. The lowest BCUT2D eigenvalue weighted by Crippen LogP contribution is -2.42. The van der Waals surface area contributed by atoms with Crippen molar-refractivity contribution >= 4 is 5.97 Å². The van der Waals surface area contributed by atoms with Crippen LogP contribution >= 0.6 is 0 Å². The van der Waals surface area contributed by atoms with Crippen LogP contribution in [0, 0.1) is 0 Å². The molecule has 1 aliphatic heterocycles. The van der Waals surface area contributed by atoms with E-state index in [-0.39, 0.29) is 12.6 Å². The molecule has 19 heavy (non-hydrogen) atoms. The smallest absolute Gasteiger partial charge is 0.302 e. The van der Waals surface area contributed by atoms with Gasteiger partial charge in [-0.05, 0) is 5.56 Å². The van der Waals surface area contributed by atoms with Gasteiger partial charge in [-0.3, -0.25) is 4.79 Å². The molecule has 0 saturated carbocycles. The monoisotopic (exact) mass is 266 g/mol. The Bertz CT molecular complexity index is 425. The lowest BCUT2D eigenvalue weighted by molar-refractivity contribution is -0.244. The molecule has 0 spiro atoms. The van der Waals surface area contributed by atoms with Crippen molar-refractivity contribution < 1.29 is 19.0 Å². The van der Waals surface area contributed by atoms with Gasteiger partial charge in [0.15, 0.2) is 6.29 Å². The Morgan fingerprint density at radius 3 is 2.37 bits per heavy atom. The fourth-order valence-corrected chi connectivity index (χ4v) is 1.80. The first kappa shape index (κ1) is 14.0. The van der Waals surface area contributed by atoms with Crippen LogP contribution in [0.25, 0.3) is 0 Å². The summed E-state index contributed by atoms with van der Waals surface area (Å²) in [6.07, 6.45) is -0.924. The summed E-state index contributed by atoms with van der Waals surface area (Å²) in [5.41, 5.74) is 13.2. The van der Waals surface area contributed by atoms with Crippen LogP contribution in [0.4, 0.5) is 0 Å². The minimum absolute atomic E-state index is 0.251. The van der Waals surface area contributed by atoms with E-state index in [9.17, 15) is 4.79 Å². The Kier molecular flexibility index (Phi) is 4.49. The quantitative estimate of drug-likeness (QED) is 0.784. The standard InChI is InChI=1S/C13H18N2O4/c1-8(16)17-7-9-2-4-10(5-3-9)13-18-11(14)6-12(15)19-13/h2-5,11-13H,6-7,14-15H2,1H3/t11-,12+,13?. The SMILES string of the molecule is CC(=O)OCc1ccc(C2O[C@H](N)C[C@H](N)O2)cc1. The third-order valence-corrected chi connectivity index (χ3v) is 2.76. The molecule has 6 heteroatoms. The van der Waals surface area contributed by atoms with Crippen LogP contribution in [0.15, 0.2) is 24.3 Å². The number of esters is 1. The topological polar surface area (TPSA) is 96.8 Å². The van der Waals surface area contributed by atoms with Crippen LogP contribution in [0.5, 0.6) is 0 Å². The predicted molar refractivity (Wildman–Crippen MR) is 67.4 cm³/mol. The fraction of sp³-hybridized carbons (Fsp3) is 0.462. The summed E-state index contributed by atoms with van der Waals surface area (Å²) in [4.78, 5) is 10.7. The second-order valence-corrected chi connectivity index (χ2v) is 4.44. The van der Waals surface area contributed by atoms with E-state index in [1.165, 1.54) is 6.92 Å². The van der Waals surface area contributed by atoms with Gasteiger partial charge in [0.25, 0.3) is 0 Å². The van der Waals surface area contributed by atoms with Gasteiger partial charge >= 0.3 is 5.97 Å². The molecule has 4 N–H and O–H groups in total. The van der Waals surface area contributed by atoms with Gasteiger partial charge in [-0.25, -0.2) is 0 Å². The second kappa shape index (κ2) is 6.12. The zero-order chi connectivity index (χ0) is 13.8. The molecule has 0 amide bonds. The van der Waals surface area contributed by atoms with Gasteiger partial charge in [0.1, 0.15) is 19.1 Å². The van der Waals surface area contributed by atoms with E-state index in [0.717, 1.165) is 11.1 Å². The maximum atomic E-state index is 10.7. The number of carbonyl (C=O) groups is 1. The number of carbonyl (C=O) groups excluding carboxylic acids is 1. The second-order valence-electron chi connectivity index (χ2n) is 4.44. The van der Waals surface area contributed by atoms with Crippen LogP contribution in [0.2, 0.25) is 0 Å². The summed E-state index contributed by atoms with van der Waals surface area (Å²) in [6, 6.07) is 7.37. The summed E-state index contributed by atoms with van der Waals surface area (Å²) in [6.45, 7) is 1.63. The summed E-state index contributed by atoms with van der Waals surface area (Å²) < 4.78 is 15.8. The third-order valence-electron chi connectivity index (χ3n) is 2.76. The normalized spacial score (nSPS) is 27.0. The van der Waals surface area contributed by atoms with Crippen molar-refractivity contribution in [3.63, 3.8) is 0 Å². The first-order valence-electron chi connectivity index (χ1n) is 6.09. The molecule has 1 aromatic rings. The number of rotatable bonds is 3. The Balaban J connectivity index is 1.99. The molecule has 0 bridgehead atoms. The Labute approximate surface area is 111 Å². The molecule has 6 nitrogen and oxygen atoms in total. The molecule has 3 atom stereocenters. The van der Waals surface area contributed by atoms with Crippen molar-refractivity contribution in [2.45, 2.75) is 38.7 Å². The van der Waals surface area contributed by atoms with Crippen molar-refractivity contribution in [1.82, 2.24) is 0 Å². The van der Waals surface area contributed by atoms with Gasteiger partial charge in [-0.1, -0.05) is 24.3 Å². The molecule has 2 rings (SSSR count).